The first-order valence-electron chi connectivity index (χ1n) is 8.15. The van der Waals surface area contributed by atoms with Crippen LogP contribution in [0, 0.1) is 5.92 Å². The number of thiazole rings is 1. The molecule has 1 amide bonds. The highest BCUT2D eigenvalue weighted by Crippen LogP contribution is 2.35. The van der Waals surface area contributed by atoms with Crippen LogP contribution >= 0.6 is 11.3 Å². The number of para-hydroxylation sites is 1. The number of amides is 1. The van der Waals surface area contributed by atoms with Crippen LogP contribution in [0.1, 0.15) is 15.9 Å². The Kier molecular flexibility index (Phi) is 4.28. The van der Waals surface area contributed by atoms with Crippen LogP contribution in [-0.4, -0.2) is 31.2 Å². The molecule has 1 atom stereocenters. The lowest BCUT2D eigenvalue weighted by Crippen LogP contribution is -2.34. The van der Waals surface area contributed by atoms with Crippen LogP contribution in [-0.2, 0) is 6.42 Å². The van der Waals surface area contributed by atoms with E-state index in [2.05, 4.69) is 10.3 Å². The van der Waals surface area contributed by atoms with Gasteiger partial charge < -0.3 is 14.8 Å². The zero-order valence-electron chi connectivity index (χ0n) is 13.8. The van der Waals surface area contributed by atoms with Gasteiger partial charge in [0.2, 0.25) is 0 Å². The van der Waals surface area contributed by atoms with Gasteiger partial charge in [-0.05, 0) is 30.2 Å². The molecule has 6 heteroatoms. The van der Waals surface area contributed by atoms with Crippen LogP contribution in [0.5, 0.6) is 11.5 Å². The fraction of sp³-hybridized carbons (Fsp3) is 0.263. The number of ether oxygens (including phenoxy) is 2. The monoisotopic (exact) mass is 354 g/mol. The summed E-state index contributed by atoms with van der Waals surface area (Å²) in [7, 11) is 1.64. The lowest BCUT2D eigenvalue weighted by molar-refractivity contribution is 0.0940. The molecule has 128 valence electrons. The Hall–Kier alpha value is -2.60. The number of benzene rings is 2. The first-order valence-corrected chi connectivity index (χ1v) is 9.03. The molecule has 1 unspecified atom stereocenters. The Bertz CT molecular complexity index is 922. The molecule has 1 aliphatic heterocycles. The summed E-state index contributed by atoms with van der Waals surface area (Å²) in [4.78, 5) is 16.8. The zero-order valence-corrected chi connectivity index (χ0v) is 14.6. The van der Waals surface area contributed by atoms with Crippen LogP contribution in [0.4, 0.5) is 0 Å². The van der Waals surface area contributed by atoms with Gasteiger partial charge in [-0.2, -0.15) is 0 Å². The third-order valence-electron chi connectivity index (χ3n) is 4.40. The van der Waals surface area contributed by atoms with Gasteiger partial charge in [-0.25, -0.2) is 4.98 Å². The Labute approximate surface area is 149 Å². The van der Waals surface area contributed by atoms with Gasteiger partial charge in [0, 0.05) is 12.5 Å². The minimum atomic E-state index is -0.0636. The molecule has 0 saturated carbocycles. The number of aromatic nitrogens is 1. The number of nitrogens with zero attached hydrogens (tertiary/aromatic N) is 1. The molecule has 1 N–H and O–H groups in total. The smallest absolute Gasteiger partial charge is 0.252 e. The largest absolute Gasteiger partial charge is 0.493 e. The summed E-state index contributed by atoms with van der Waals surface area (Å²) in [5.74, 6) is 1.76. The van der Waals surface area contributed by atoms with Crippen LogP contribution in [0.3, 0.4) is 0 Å². The van der Waals surface area contributed by atoms with Crippen LogP contribution in [0.25, 0.3) is 10.2 Å². The molecule has 4 rings (SSSR count). The summed E-state index contributed by atoms with van der Waals surface area (Å²) in [6, 6.07) is 11.5. The number of carbonyl (C=O) groups excluding carboxylic acids is 1. The molecule has 0 aliphatic carbocycles. The van der Waals surface area contributed by atoms with Crippen molar-refractivity contribution in [1.82, 2.24) is 10.3 Å². The maximum Gasteiger partial charge on any atom is 0.252 e. The molecule has 0 saturated heterocycles. The van der Waals surface area contributed by atoms with Crippen LogP contribution in [0.15, 0.2) is 41.9 Å². The number of methoxy groups -OCH3 is 1. The maximum atomic E-state index is 12.6. The number of hydrogen-bond donors (Lipinski definition) is 1. The first-order chi connectivity index (χ1) is 12.3. The van der Waals surface area contributed by atoms with E-state index in [4.69, 9.17) is 9.47 Å². The predicted octanol–water partition coefficient (Wildman–Crippen LogP) is 3.29. The van der Waals surface area contributed by atoms with Gasteiger partial charge in [0.15, 0.2) is 11.5 Å². The van der Waals surface area contributed by atoms with Crippen molar-refractivity contribution < 1.29 is 14.3 Å². The summed E-state index contributed by atoms with van der Waals surface area (Å²) in [5.41, 5.74) is 4.42. The van der Waals surface area contributed by atoms with Crippen molar-refractivity contribution in [1.29, 1.82) is 0 Å². The van der Waals surface area contributed by atoms with E-state index < -0.39 is 0 Å². The lowest BCUT2D eigenvalue weighted by Gasteiger charge is -2.26. The van der Waals surface area contributed by atoms with Crippen LogP contribution in [0.2, 0.25) is 0 Å². The average molecular weight is 354 g/mol. The molecule has 1 aliphatic rings. The van der Waals surface area contributed by atoms with Gasteiger partial charge in [0.05, 0.1) is 35.0 Å². The molecule has 0 spiro atoms. The summed E-state index contributed by atoms with van der Waals surface area (Å²) in [6.07, 6.45) is 0.859. The van der Waals surface area contributed by atoms with E-state index in [9.17, 15) is 4.79 Å². The molecular weight excluding hydrogens is 336 g/mol. The number of carbonyl (C=O) groups is 1. The van der Waals surface area contributed by atoms with Crippen LogP contribution < -0.4 is 14.8 Å². The first kappa shape index (κ1) is 15.9. The Balaban J connectivity index is 1.44. The van der Waals surface area contributed by atoms with Gasteiger partial charge in [-0.15, -0.1) is 11.3 Å². The number of rotatable bonds is 4. The van der Waals surface area contributed by atoms with Crippen molar-refractivity contribution in [2.75, 3.05) is 20.3 Å². The molecule has 0 bridgehead atoms. The fourth-order valence-corrected chi connectivity index (χ4v) is 3.95. The molecule has 25 heavy (non-hydrogen) atoms. The van der Waals surface area contributed by atoms with E-state index in [-0.39, 0.29) is 11.8 Å². The summed E-state index contributed by atoms with van der Waals surface area (Å²) < 4.78 is 12.1. The Morgan fingerprint density at radius 1 is 1.36 bits per heavy atom. The number of fused-ring (bicyclic) bond motifs is 2. The van der Waals surface area contributed by atoms with Crippen molar-refractivity contribution in [3.8, 4) is 11.5 Å². The van der Waals surface area contributed by atoms with E-state index >= 15 is 0 Å². The van der Waals surface area contributed by atoms with Crippen molar-refractivity contribution in [2.45, 2.75) is 6.42 Å². The molecular formula is C19H18N2O3S. The number of hydrogen-bond acceptors (Lipinski definition) is 5. The van der Waals surface area contributed by atoms with E-state index in [0.717, 1.165) is 33.7 Å². The predicted molar refractivity (Wildman–Crippen MR) is 97.6 cm³/mol. The standard InChI is InChI=1S/C19H18N2O3S/c1-23-16-7-2-4-13-8-12(10-24-17(13)16)9-20-19(22)14-5-3-6-15-18(14)25-11-21-15/h2-7,11-12H,8-10H2,1H3,(H,20,22). The third kappa shape index (κ3) is 3.05. The molecule has 5 nitrogen and oxygen atoms in total. The van der Waals surface area contributed by atoms with Gasteiger partial charge in [-0.1, -0.05) is 18.2 Å². The van der Waals surface area contributed by atoms with Crippen molar-refractivity contribution in [3.05, 3.63) is 53.0 Å². The average Bonchev–Trinajstić information content (AvgIpc) is 3.14. The van der Waals surface area contributed by atoms with Gasteiger partial charge in [0.1, 0.15) is 0 Å². The minimum Gasteiger partial charge on any atom is -0.493 e. The SMILES string of the molecule is COc1cccc2c1OCC(CNC(=O)c1cccc3ncsc13)C2. The Morgan fingerprint density at radius 3 is 3.12 bits per heavy atom. The second kappa shape index (κ2) is 6.72. The second-order valence-electron chi connectivity index (χ2n) is 6.05. The van der Waals surface area contributed by atoms with Crippen molar-refractivity contribution in [2.24, 2.45) is 5.92 Å². The highest BCUT2D eigenvalue weighted by Gasteiger charge is 2.23. The molecule has 2 heterocycles. The summed E-state index contributed by atoms with van der Waals surface area (Å²) >= 11 is 1.49. The van der Waals surface area contributed by atoms with Crippen molar-refractivity contribution in [3.63, 3.8) is 0 Å². The summed E-state index contributed by atoms with van der Waals surface area (Å²) in [6.45, 7) is 1.14. The minimum absolute atomic E-state index is 0.0636. The quantitative estimate of drug-likeness (QED) is 0.781. The molecule has 2 aromatic carbocycles. The maximum absolute atomic E-state index is 12.6. The highest BCUT2D eigenvalue weighted by molar-refractivity contribution is 7.17. The summed E-state index contributed by atoms with van der Waals surface area (Å²) in [5, 5.41) is 3.04. The van der Waals surface area contributed by atoms with E-state index in [1.165, 1.54) is 11.3 Å². The highest BCUT2D eigenvalue weighted by atomic mass is 32.1. The molecule has 0 fully saturated rings. The fourth-order valence-electron chi connectivity index (χ4n) is 3.15. The Morgan fingerprint density at radius 2 is 2.24 bits per heavy atom. The molecule has 0 radical (unpaired) electrons. The number of nitrogens with one attached hydrogen (secondary N) is 1. The second-order valence-corrected chi connectivity index (χ2v) is 6.90. The van der Waals surface area contributed by atoms with Gasteiger partial charge in [0.25, 0.3) is 5.91 Å². The van der Waals surface area contributed by atoms with E-state index in [0.29, 0.717) is 18.7 Å². The van der Waals surface area contributed by atoms with Gasteiger partial charge >= 0.3 is 0 Å². The third-order valence-corrected chi connectivity index (χ3v) is 5.28. The topological polar surface area (TPSA) is 60.5 Å². The van der Waals surface area contributed by atoms with Gasteiger partial charge in [-0.3, -0.25) is 4.79 Å². The van der Waals surface area contributed by atoms with E-state index in [1.54, 1.807) is 12.6 Å². The van der Waals surface area contributed by atoms with Crippen molar-refractivity contribution >= 4 is 27.5 Å². The normalized spacial score (nSPS) is 16.1. The zero-order chi connectivity index (χ0) is 17.2. The molecule has 3 aromatic rings. The van der Waals surface area contributed by atoms with E-state index in [1.807, 2.05) is 36.4 Å². The lowest BCUT2D eigenvalue weighted by atomic mass is 9.96. The molecule has 1 aromatic heterocycles.